The van der Waals surface area contributed by atoms with E-state index in [0.29, 0.717) is 10.8 Å². The Labute approximate surface area is 187 Å². The number of carbonyl (C=O) groups excluding carboxylic acids is 2. The minimum Gasteiger partial charge on any atom is -0.312 e. The molecule has 0 N–H and O–H groups in total. The molecular weight excluding hydrogens is 427 g/mol. The molecule has 4 aromatic rings. The van der Waals surface area contributed by atoms with Crippen molar-refractivity contribution >= 4 is 44.2 Å². The molecule has 32 heavy (non-hydrogen) atoms. The van der Waals surface area contributed by atoms with E-state index < -0.39 is 5.92 Å². The normalized spacial score (nSPS) is 16.0. The molecule has 2 aromatic carbocycles. The van der Waals surface area contributed by atoms with E-state index in [1.54, 1.807) is 28.1 Å². The molecule has 0 aliphatic carbocycles. The Kier molecular flexibility index (Phi) is 5.36. The molecule has 2 amide bonds. The zero-order chi connectivity index (χ0) is 22.1. The fourth-order valence-electron chi connectivity index (χ4n) is 3.83. The Morgan fingerprint density at radius 2 is 1.88 bits per heavy atom. The van der Waals surface area contributed by atoms with E-state index in [-0.39, 0.29) is 37.1 Å². The lowest BCUT2D eigenvalue weighted by Crippen LogP contribution is -2.37. The summed E-state index contributed by atoms with van der Waals surface area (Å²) in [7, 11) is 0. The van der Waals surface area contributed by atoms with Gasteiger partial charge in [-0.1, -0.05) is 29.5 Å². The maximum Gasteiger partial charge on any atom is 0.234 e. The average Bonchev–Trinajstić information content (AvgIpc) is 3.42. The smallest absolute Gasteiger partial charge is 0.234 e. The fraction of sp³-hybridized carbons (Fsp3) is 0.167. The Morgan fingerprint density at radius 1 is 1.09 bits per heavy atom. The molecule has 1 aliphatic rings. The first-order chi connectivity index (χ1) is 15.6. The van der Waals surface area contributed by atoms with Crippen LogP contribution in [-0.2, 0) is 16.1 Å². The second-order valence-corrected chi connectivity index (χ2v) is 8.60. The van der Waals surface area contributed by atoms with Crippen molar-refractivity contribution in [3.8, 4) is 0 Å². The molecule has 0 radical (unpaired) electrons. The number of pyridine rings is 1. The minimum absolute atomic E-state index is 0.0970. The van der Waals surface area contributed by atoms with Gasteiger partial charge in [0.05, 0.1) is 28.4 Å². The number of aromatic nitrogens is 2. The van der Waals surface area contributed by atoms with Gasteiger partial charge in [0.25, 0.3) is 0 Å². The second kappa shape index (κ2) is 8.47. The minimum atomic E-state index is -0.525. The standard InChI is InChI=1S/C24H19FN4O2S/c25-17-8-10-19(11-9-17)28-14-16(13-22(28)30)23(31)29(15-18-5-3-4-12-26-18)24-27-20-6-1-2-7-21(20)32-24/h1-12,16H,13-15H2. The number of hydrogen-bond donors (Lipinski definition) is 0. The summed E-state index contributed by atoms with van der Waals surface area (Å²) in [6.07, 6.45) is 1.78. The first kappa shape index (κ1) is 20.3. The number of benzene rings is 2. The maximum atomic E-state index is 13.6. The SMILES string of the molecule is O=C1CC(C(=O)N(Cc2ccccn2)c2nc3ccccc3s2)CN1c1ccc(F)cc1. The highest BCUT2D eigenvalue weighted by molar-refractivity contribution is 7.22. The average molecular weight is 447 g/mol. The van der Waals surface area contributed by atoms with Crippen LogP contribution in [0.2, 0.25) is 0 Å². The number of thiazole rings is 1. The topological polar surface area (TPSA) is 66.4 Å². The van der Waals surface area contributed by atoms with Crippen molar-refractivity contribution in [3.05, 3.63) is 84.4 Å². The maximum absolute atomic E-state index is 13.6. The summed E-state index contributed by atoms with van der Waals surface area (Å²) in [5.74, 6) is -1.22. The zero-order valence-corrected chi connectivity index (χ0v) is 17.8. The van der Waals surface area contributed by atoms with E-state index in [2.05, 4.69) is 9.97 Å². The van der Waals surface area contributed by atoms with Crippen molar-refractivity contribution in [1.29, 1.82) is 0 Å². The molecule has 3 heterocycles. The lowest BCUT2D eigenvalue weighted by atomic mass is 10.1. The molecule has 1 atom stereocenters. The molecule has 8 heteroatoms. The number of nitrogens with zero attached hydrogens (tertiary/aromatic N) is 4. The van der Waals surface area contributed by atoms with Crippen LogP contribution < -0.4 is 9.80 Å². The van der Waals surface area contributed by atoms with Crippen LogP contribution in [0, 0.1) is 11.7 Å². The summed E-state index contributed by atoms with van der Waals surface area (Å²) >= 11 is 1.44. The van der Waals surface area contributed by atoms with Gasteiger partial charge >= 0.3 is 0 Å². The Hall–Kier alpha value is -3.65. The van der Waals surface area contributed by atoms with Gasteiger partial charge in [-0.15, -0.1) is 0 Å². The van der Waals surface area contributed by atoms with Crippen LogP contribution in [-0.4, -0.2) is 28.3 Å². The van der Waals surface area contributed by atoms with E-state index >= 15 is 0 Å². The summed E-state index contributed by atoms with van der Waals surface area (Å²) in [5.41, 5.74) is 2.14. The third kappa shape index (κ3) is 3.97. The fourth-order valence-corrected chi connectivity index (χ4v) is 4.80. The Morgan fingerprint density at radius 3 is 2.62 bits per heavy atom. The van der Waals surface area contributed by atoms with Gasteiger partial charge in [-0.05, 0) is 48.5 Å². The number of hydrogen-bond acceptors (Lipinski definition) is 5. The predicted molar refractivity (Wildman–Crippen MR) is 122 cm³/mol. The highest BCUT2D eigenvalue weighted by Crippen LogP contribution is 2.33. The van der Waals surface area contributed by atoms with Crippen LogP contribution in [0.1, 0.15) is 12.1 Å². The van der Waals surface area contributed by atoms with Crippen molar-refractivity contribution in [2.24, 2.45) is 5.92 Å². The number of rotatable bonds is 5. The molecular formula is C24H19FN4O2S. The van der Waals surface area contributed by atoms with Gasteiger partial charge in [0.15, 0.2) is 5.13 Å². The molecule has 160 valence electrons. The first-order valence-electron chi connectivity index (χ1n) is 10.2. The van der Waals surface area contributed by atoms with Crippen molar-refractivity contribution in [1.82, 2.24) is 9.97 Å². The molecule has 0 saturated carbocycles. The quantitative estimate of drug-likeness (QED) is 0.455. The summed E-state index contributed by atoms with van der Waals surface area (Å²) < 4.78 is 14.3. The second-order valence-electron chi connectivity index (χ2n) is 7.59. The summed E-state index contributed by atoms with van der Waals surface area (Å²) in [4.78, 5) is 38.5. The Bertz CT molecular complexity index is 1240. The Balaban J connectivity index is 1.45. The summed E-state index contributed by atoms with van der Waals surface area (Å²) in [6, 6.07) is 19.0. The molecule has 5 rings (SSSR count). The van der Waals surface area contributed by atoms with Gasteiger partial charge in [0.2, 0.25) is 11.8 Å². The molecule has 2 aromatic heterocycles. The van der Waals surface area contributed by atoms with Crippen LogP contribution >= 0.6 is 11.3 Å². The number of halogens is 1. The van der Waals surface area contributed by atoms with Crippen LogP contribution in [0.3, 0.4) is 0 Å². The van der Waals surface area contributed by atoms with Crippen molar-refractivity contribution in [2.75, 3.05) is 16.3 Å². The highest BCUT2D eigenvalue weighted by Gasteiger charge is 2.38. The van der Waals surface area contributed by atoms with Gasteiger partial charge in [-0.25, -0.2) is 9.37 Å². The van der Waals surface area contributed by atoms with Gasteiger partial charge in [0.1, 0.15) is 5.82 Å². The van der Waals surface area contributed by atoms with Crippen molar-refractivity contribution < 1.29 is 14.0 Å². The van der Waals surface area contributed by atoms with Crippen LogP contribution in [0.5, 0.6) is 0 Å². The predicted octanol–water partition coefficient (Wildman–Crippen LogP) is 4.42. The molecule has 1 unspecified atom stereocenters. The van der Waals surface area contributed by atoms with Gasteiger partial charge < -0.3 is 4.90 Å². The first-order valence-corrected chi connectivity index (χ1v) is 11.0. The van der Waals surface area contributed by atoms with E-state index in [9.17, 15) is 14.0 Å². The zero-order valence-electron chi connectivity index (χ0n) is 17.0. The largest absolute Gasteiger partial charge is 0.312 e. The van der Waals surface area contributed by atoms with Gasteiger partial charge in [-0.3, -0.25) is 19.5 Å². The third-order valence-electron chi connectivity index (χ3n) is 5.44. The molecule has 1 aliphatic heterocycles. The van der Waals surface area contributed by atoms with Gasteiger partial charge in [0, 0.05) is 24.8 Å². The van der Waals surface area contributed by atoms with E-state index in [1.807, 2.05) is 42.5 Å². The van der Waals surface area contributed by atoms with Crippen molar-refractivity contribution in [2.45, 2.75) is 13.0 Å². The summed E-state index contributed by atoms with van der Waals surface area (Å²) in [5, 5.41) is 0.578. The number of fused-ring (bicyclic) bond motifs is 1. The van der Waals surface area contributed by atoms with Gasteiger partial charge in [-0.2, -0.15) is 0 Å². The van der Waals surface area contributed by atoms with Crippen LogP contribution in [0.4, 0.5) is 15.2 Å². The highest BCUT2D eigenvalue weighted by atomic mass is 32.1. The molecule has 0 bridgehead atoms. The summed E-state index contributed by atoms with van der Waals surface area (Å²) in [6.45, 7) is 0.508. The molecule has 6 nitrogen and oxygen atoms in total. The van der Waals surface area contributed by atoms with E-state index in [0.717, 1.165) is 15.9 Å². The van der Waals surface area contributed by atoms with E-state index in [1.165, 1.54) is 23.5 Å². The lowest BCUT2D eigenvalue weighted by molar-refractivity contribution is -0.124. The third-order valence-corrected chi connectivity index (χ3v) is 6.50. The number of carbonyl (C=O) groups is 2. The number of amides is 2. The monoisotopic (exact) mass is 446 g/mol. The van der Waals surface area contributed by atoms with Crippen LogP contribution in [0.25, 0.3) is 10.2 Å². The molecule has 0 spiro atoms. The number of para-hydroxylation sites is 1. The van der Waals surface area contributed by atoms with Crippen molar-refractivity contribution in [3.63, 3.8) is 0 Å². The van der Waals surface area contributed by atoms with Crippen LogP contribution in [0.15, 0.2) is 72.9 Å². The van der Waals surface area contributed by atoms with E-state index in [4.69, 9.17) is 0 Å². The molecule has 1 fully saturated rings. The molecule has 1 saturated heterocycles. The number of anilines is 2. The lowest BCUT2D eigenvalue weighted by Gasteiger charge is -2.23.